The van der Waals surface area contributed by atoms with E-state index in [1.54, 1.807) is 7.05 Å². The van der Waals surface area contributed by atoms with Crippen LogP contribution in [0.4, 0.5) is 0 Å². The van der Waals surface area contributed by atoms with Crippen molar-refractivity contribution in [3.63, 3.8) is 0 Å². The number of hydrogen-bond donors (Lipinski definition) is 2. The fourth-order valence-electron chi connectivity index (χ4n) is 1.50. The molecule has 2 N–H and O–H groups in total. The fourth-order valence-corrected chi connectivity index (χ4v) is 1.50. The van der Waals surface area contributed by atoms with E-state index in [0.717, 1.165) is 6.54 Å². The predicted molar refractivity (Wildman–Crippen MR) is 63.3 cm³/mol. The fraction of sp³-hybridized carbons (Fsp3) is 0.909. The van der Waals surface area contributed by atoms with Gasteiger partial charge in [-0.1, -0.05) is 6.92 Å². The molecule has 0 saturated heterocycles. The zero-order valence-electron chi connectivity index (χ0n) is 10.7. The topological polar surface area (TPSA) is 61.8 Å². The lowest BCUT2D eigenvalue weighted by molar-refractivity contribution is -0.132. The van der Waals surface area contributed by atoms with Crippen LogP contribution in [0.1, 0.15) is 20.3 Å². The number of rotatable bonds is 8. The SMILES string of the molecule is CCNC(C)CC(=O)N(C)CC(O)COC. The van der Waals surface area contributed by atoms with Crippen LogP contribution in [0.15, 0.2) is 0 Å². The molecule has 1 amide bonds. The number of hydrogen-bond acceptors (Lipinski definition) is 4. The summed E-state index contributed by atoms with van der Waals surface area (Å²) >= 11 is 0. The summed E-state index contributed by atoms with van der Waals surface area (Å²) in [6, 6.07) is 0.166. The maximum Gasteiger partial charge on any atom is 0.223 e. The van der Waals surface area contributed by atoms with Gasteiger partial charge in [-0.15, -0.1) is 0 Å². The Labute approximate surface area is 97.8 Å². The number of carbonyl (C=O) groups is 1. The first-order valence-corrected chi connectivity index (χ1v) is 5.65. The molecule has 5 nitrogen and oxygen atoms in total. The van der Waals surface area contributed by atoms with Crippen molar-refractivity contribution in [2.75, 3.05) is 33.9 Å². The molecule has 0 aliphatic carbocycles. The van der Waals surface area contributed by atoms with Crippen LogP contribution in [-0.4, -0.2) is 61.9 Å². The van der Waals surface area contributed by atoms with E-state index in [0.29, 0.717) is 13.0 Å². The van der Waals surface area contributed by atoms with Crippen molar-refractivity contribution in [3.05, 3.63) is 0 Å². The Morgan fingerprint density at radius 1 is 1.56 bits per heavy atom. The summed E-state index contributed by atoms with van der Waals surface area (Å²) in [5.41, 5.74) is 0. The molecule has 0 spiro atoms. The minimum absolute atomic E-state index is 0.0311. The summed E-state index contributed by atoms with van der Waals surface area (Å²) < 4.78 is 4.80. The molecule has 0 heterocycles. The molecule has 0 aromatic heterocycles. The normalized spacial score (nSPS) is 14.6. The lowest BCUT2D eigenvalue weighted by atomic mass is 10.2. The van der Waals surface area contributed by atoms with Crippen molar-refractivity contribution >= 4 is 5.91 Å². The standard InChI is InChI=1S/C11H24N2O3/c1-5-12-9(2)6-11(15)13(3)7-10(14)8-16-4/h9-10,12,14H,5-8H2,1-4H3. The van der Waals surface area contributed by atoms with Crippen molar-refractivity contribution in [2.24, 2.45) is 0 Å². The summed E-state index contributed by atoms with van der Waals surface area (Å²) in [5.74, 6) is 0.0311. The number of likely N-dealkylation sites (N-methyl/N-ethyl adjacent to an activating group) is 1. The summed E-state index contributed by atoms with van der Waals surface area (Å²) in [7, 11) is 3.22. The van der Waals surface area contributed by atoms with Crippen LogP contribution in [0, 0.1) is 0 Å². The van der Waals surface area contributed by atoms with Gasteiger partial charge in [0.1, 0.15) is 0 Å². The van der Waals surface area contributed by atoms with Crippen LogP contribution < -0.4 is 5.32 Å². The number of aliphatic hydroxyl groups excluding tert-OH is 1. The molecule has 0 radical (unpaired) electrons. The molecular weight excluding hydrogens is 208 g/mol. The Balaban J connectivity index is 3.89. The maximum absolute atomic E-state index is 11.7. The Morgan fingerprint density at radius 2 is 2.19 bits per heavy atom. The minimum atomic E-state index is -0.617. The molecule has 0 aromatic carbocycles. The summed E-state index contributed by atoms with van der Waals surface area (Å²) in [4.78, 5) is 13.2. The summed E-state index contributed by atoms with van der Waals surface area (Å²) in [5, 5.41) is 12.6. The number of ether oxygens (including phenoxy) is 1. The first kappa shape index (κ1) is 15.3. The van der Waals surface area contributed by atoms with Gasteiger partial charge < -0.3 is 20.1 Å². The molecule has 0 rings (SSSR count). The maximum atomic E-state index is 11.7. The molecule has 0 bridgehead atoms. The highest BCUT2D eigenvalue weighted by atomic mass is 16.5. The molecule has 5 heteroatoms. The number of nitrogens with zero attached hydrogens (tertiary/aromatic N) is 1. The van der Waals surface area contributed by atoms with Crippen LogP contribution in [0.2, 0.25) is 0 Å². The Kier molecular flexibility index (Phi) is 8.15. The Hall–Kier alpha value is -0.650. The first-order valence-electron chi connectivity index (χ1n) is 5.65. The molecule has 0 aliphatic heterocycles. The van der Waals surface area contributed by atoms with Crippen LogP contribution in [0.3, 0.4) is 0 Å². The van der Waals surface area contributed by atoms with Gasteiger partial charge in [0, 0.05) is 33.2 Å². The van der Waals surface area contributed by atoms with Crippen molar-refractivity contribution in [1.29, 1.82) is 0 Å². The van der Waals surface area contributed by atoms with Crippen LogP contribution in [0.5, 0.6) is 0 Å². The first-order chi connectivity index (χ1) is 7.51. The van der Waals surface area contributed by atoms with E-state index in [9.17, 15) is 9.90 Å². The van der Waals surface area contributed by atoms with Gasteiger partial charge in [0.2, 0.25) is 5.91 Å². The van der Waals surface area contributed by atoms with Crippen LogP contribution >= 0.6 is 0 Å². The molecule has 0 aliphatic rings. The van der Waals surface area contributed by atoms with E-state index in [1.807, 2.05) is 13.8 Å². The van der Waals surface area contributed by atoms with Crippen molar-refractivity contribution < 1.29 is 14.6 Å². The number of nitrogens with one attached hydrogen (secondary N) is 1. The van der Waals surface area contributed by atoms with Crippen molar-refractivity contribution in [1.82, 2.24) is 10.2 Å². The molecule has 96 valence electrons. The molecule has 16 heavy (non-hydrogen) atoms. The van der Waals surface area contributed by atoms with E-state index in [2.05, 4.69) is 5.32 Å². The average molecular weight is 232 g/mol. The summed E-state index contributed by atoms with van der Waals surface area (Å²) in [6.07, 6.45) is -0.169. The van der Waals surface area contributed by atoms with Crippen molar-refractivity contribution in [3.8, 4) is 0 Å². The molecule has 2 atom stereocenters. The average Bonchev–Trinajstić information content (AvgIpc) is 2.17. The molecule has 0 fully saturated rings. The molecule has 0 saturated carbocycles. The zero-order chi connectivity index (χ0) is 12.6. The number of aliphatic hydroxyl groups is 1. The highest BCUT2D eigenvalue weighted by Crippen LogP contribution is 1.98. The van der Waals surface area contributed by atoms with Gasteiger partial charge in [-0.05, 0) is 13.5 Å². The van der Waals surface area contributed by atoms with E-state index >= 15 is 0 Å². The van der Waals surface area contributed by atoms with Gasteiger partial charge in [0.15, 0.2) is 0 Å². The second-order valence-electron chi connectivity index (χ2n) is 4.05. The van der Waals surface area contributed by atoms with E-state index < -0.39 is 6.10 Å². The third-order valence-corrected chi connectivity index (χ3v) is 2.30. The van der Waals surface area contributed by atoms with E-state index in [4.69, 9.17) is 4.74 Å². The van der Waals surface area contributed by atoms with Crippen LogP contribution in [-0.2, 0) is 9.53 Å². The van der Waals surface area contributed by atoms with Gasteiger partial charge in [-0.2, -0.15) is 0 Å². The van der Waals surface area contributed by atoms with Gasteiger partial charge in [-0.25, -0.2) is 0 Å². The number of methoxy groups -OCH3 is 1. The van der Waals surface area contributed by atoms with E-state index in [-0.39, 0.29) is 18.6 Å². The smallest absolute Gasteiger partial charge is 0.223 e. The Morgan fingerprint density at radius 3 is 2.69 bits per heavy atom. The number of amides is 1. The van der Waals surface area contributed by atoms with Gasteiger partial charge >= 0.3 is 0 Å². The summed E-state index contributed by atoms with van der Waals surface area (Å²) in [6.45, 7) is 5.39. The molecule has 0 aromatic rings. The molecular formula is C11H24N2O3. The zero-order valence-corrected chi connectivity index (χ0v) is 10.7. The number of carbonyl (C=O) groups excluding carboxylic acids is 1. The van der Waals surface area contributed by atoms with Gasteiger partial charge in [0.25, 0.3) is 0 Å². The second kappa shape index (κ2) is 8.50. The van der Waals surface area contributed by atoms with E-state index in [1.165, 1.54) is 12.0 Å². The van der Waals surface area contributed by atoms with Crippen molar-refractivity contribution in [2.45, 2.75) is 32.4 Å². The largest absolute Gasteiger partial charge is 0.389 e. The second-order valence-corrected chi connectivity index (χ2v) is 4.05. The van der Waals surface area contributed by atoms with Gasteiger partial charge in [0.05, 0.1) is 12.7 Å². The monoisotopic (exact) mass is 232 g/mol. The van der Waals surface area contributed by atoms with Gasteiger partial charge in [-0.3, -0.25) is 4.79 Å². The Bertz CT molecular complexity index is 200. The third-order valence-electron chi connectivity index (χ3n) is 2.30. The lowest BCUT2D eigenvalue weighted by Crippen LogP contribution is -2.39. The lowest BCUT2D eigenvalue weighted by Gasteiger charge is -2.22. The highest BCUT2D eigenvalue weighted by Gasteiger charge is 2.15. The predicted octanol–water partition coefficient (Wildman–Crippen LogP) is -0.160. The molecule has 2 unspecified atom stereocenters. The highest BCUT2D eigenvalue weighted by molar-refractivity contribution is 5.76. The third kappa shape index (κ3) is 6.76. The van der Waals surface area contributed by atoms with Crippen LogP contribution in [0.25, 0.3) is 0 Å². The minimum Gasteiger partial charge on any atom is -0.389 e. The quantitative estimate of drug-likeness (QED) is 0.610.